The number of hydrogen-bond acceptors (Lipinski definition) is 1. The fourth-order valence-corrected chi connectivity index (χ4v) is 3.06. The summed E-state index contributed by atoms with van der Waals surface area (Å²) in [6.07, 6.45) is 0. The third-order valence-electron chi connectivity index (χ3n) is 2.53. The predicted molar refractivity (Wildman–Crippen MR) is 78.8 cm³/mol. The molecule has 0 bridgehead atoms. The summed E-state index contributed by atoms with van der Waals surface area (Å²) in [5.41, 5.74) is 0.832. The van der Waals surface area contributed by atoms with Crippen molar-refractivity contribution in [3.05, 3.63) is 29.8 Å². The van der Waals surface area contributed by atoms with Gasteiger partial charge in [0.1, 0.15) is 0 Å². The number of benzene rings is 1. The number of hydrogen-bond donors (Lipinski definition) is 0. The number of amides is 1. The van der Waals surface area contributed by atoms with Crippen LogP contribution in [0.25, 0.3) is 0 Å². The van der Waals surface area contributed by atoms with Crippen LogP contribution < -0.4 is 0 Å². The second kappa shape index (κ2) is 5.79. The van der Waals surface area contributed by atoms with E-state index >= 15 is 0 Å². The molecule has 0 radical (unpaired) electrons. The average Bonchev–Trinajstić information content (AvgIpc) is 2.25. The highest BCUT2D eigenvalue weighted by atomic mass is 32.2. The van der Waals surface area contributed by atoms with Crippen LogP contribution in [0.15, 0.2) is 33.5 Å². The number of carbonyl (C=O) groups is 1. The van der Waals surface area contributed by atoms with Gasteiger partial charge in [0.25, 0.3) is 5.91 Å². The summed E-state index contributed by atoms with van der Waals surface area (Å²) >= 11 is 0. The van der Waals surface area contributed by atoms with E-state index in [-0.39, 0.29) is 16.6 Å². The molecule has 1 aromatic rings. The van der Waals surface area contributed by atoms with Crippen LogP contribution in [0.4, 0.5) is 0 Å². The maximum absolute atomic E-state index is 12.1. The summed E-state index contributed by atoms with van der Waals surface area (Å²) < 4.78 is 4.44. The minimum absolute atomic E-state index is 0.0138. The smallest absolute Gasteiger partial charge is 0.257 e. The second-order valence-electron chi connectivity index (χ2n) is 5.82. The van der Waals surface area contributed by atoms with E-state index in [1.807, 2.05) is 20.8 Å². The lowest BCUT2D eigenvalue weighted by atomic mass is 9.96. The first kappa shape index (κ1) is 15.1. The molecule has 2 nitrogen and oxygen atoms in total. The van der Waals surface area contributed by atoms with Gasteiger partial charge in [-0.05, 0) is 19.1 Å². The molecule has 0 aliphatic rings. The molecule has 0 spiro atoms. The average molecular weight is 265 g/mol. The van der Waals surface area contributed by atoms with Crippen LogP contribution in [0.1, 0.15) is 40.2 Å². The van der Waals surface area contributed by atoms with Gasteiger partial charge in [0.2, 0.25) is 0 Å². The number of aryl methyl sites for hydroxylation is 1. The Bertz CT molecular complexity index is 452. The summed E-state index contributed by atoms with van der Waals surface area (Å²) in [5.74, 6) is -0.0138. The van der Waals surface area contributed by atoms with Gasteiger partial charge in [0.15, 0.2) is 0 Å². The van der Waals surface area contributed by atoms with E-state index in [2.05, 4.69) is 49.4 Å². The molecule has 0 unspecified atom stereocenters. The molecule has 0 aliphatic carbocycles. The van der Waals surface area contributed by atoms with E-state index in [0.29, 0.717) is 5.25 Å². The Morgan fingerprint density at radius 1 is 1.17 bits per heavy atom. The molecule has 0 fully saturated rings. The quantitative estimate of drug-likeness (QED) is 0.790. The van der Waals surface area contributed by atoms with Gasteiger partial charge in [-0.15, -0.1) is 0 Å². The molecule has 1 rings (SSSR count). The lowest BCUT2D eigenvalue weighted by molar-refractivity contribution is -0.124. The molecule has 18 heavy (non-hydrogen) atoms. The molecule has 0 saturated carbocycles. The summed E-state index contributed by atoms with van der Waals surface area (Å²) in [6.45, 7) is 12.0. The minimum atomic E-state index is -0.398. The van der Waals surface area contributed by atoms with Crippen LogP contribution in [-0.4, -0.2) is 11.2 Å². The van der Waals surface area contributed by atoms with E-state index in [4.69, 9.17) is 0 Å². The maximum atomic E-state index is 12.1. The Morgan fingerprint density at radius 2 is 1.67 bits per heavy atom. The van der Waals surface area contributed by atoms with Crippen LogP contribution in [-0.2, 0) is 15.5 Å². The predicted octanol–water partition coefficient (Wildman–Crippen LogP) is 4.14. The molecule has 100 valence electrons. The zero-order chi connectivity index (χ0) is 13.9. The molecule has 1 atom stereocenters. The van der Waals surface area contributed by atoms with Crippen LogP contribution in [0.5, 0.6) is 0 Å². The highest BCUT2D eigenvalue weighted by molar-refractivity contribution is 7.88. The topological polar surface area (TPSA) is 29.4 Å². The lowest BCUT2D eigenvalue weighted by Gasteiger charge is -2.17. The van der Waals surface area contributed by atoms with Crippen LogP contribution in [0.2, 0.25) is 0 Å². The molecule has 0 heterocycles. The Hall–Kier alpha value is -0.960. The number of carbonyl (C=O) groups excluding carboxylic acids is 1. The van der Waals surface area contributed by atoms with E-state index in [9.17, 15) is 4.79 Å². The first-order valence-corrected chi connectivity index (χ1v) is 7.52. The van der Waals surface area contributed by atoms with Gasteiger partial charge >= 0.3 is 0 Å². The van der Waals surface area contributed by atoms with Crippen LogP contribution in [0.3, 0.4) is 0 Å². The van der Waals surface area contributed by atoms with Crippen molar-refractivity contribution in [2.24, 2.45) is 9.78 Å². The zero-order valence-electron chi connectivity index (χ0n) is 12.2. The van der Waals surface area contributed by atoms with Crippen molar-refractivity contribution in [3.63, 3.8) is 0 Å². The van der Waals surface area contributed by atoms with E-state index in [1.165, 1.54) is 5.56 Å². The first-order valence-electron chi connectivity index (χ1n) is 6.28. The van der Waals surface area contributed by atoms with Crippen LogP contribution >= 0.6 is 0 Å². The molecule has 1 aromatic carbocycles. The Balaban J connectivity index is 3.15. The van der Waals surface area contributed by atoms with Gasteiger partial charge in [-0.2, -0.15) is 4.36 Å². The molecule has 1 amide bonds. The molecule has 0 saturated heterocycles. The second-order valence-corrected chi connectivity index (χ2v) is 8.05. The summed E-state index contributed by atoms with van der Waals surface area (Å²) in [6, 6.07) is 8.32. The SMILES string of the molecule is Cc1ccc([S@](=NC(=O)C(C)(C)C)C(C)C)cc1. The Labute approximate surface area is 113 Å². The standard InChI is InChI=1S/C15H23NOS/c1-11(2)18(16-14(17)15(4,5)6)13-9-7-12(3)8-10-13/h7-11H,1-6H3/t18-/m1/s1. The molecule has 0 aliphatic heterocycles. The van der Waals surface area contributed by atoms with Gasteiger partial charge in [0, 0.05) is 15.6 Å². The largest absolute Gasteiger partial charge is 0.271 e. The van der Waals surface area contributed by atoms with Gasteiger partial charge in [-0.25, -0.2) is 0 Å². The molecule has 0 N–H and O–H groups in total. The lowest BCUT2D eigenvalue weighted by Crippen LogP contribution is -2.20. The highest BCUT2D eigenvalue weighted by Gasteiger charge is 2.22. The fraction of sp³-hybridized carbons (Fsp3) is 0.533. The number of nitrogens with zero attached hydrogens (tertiary/aromatic N) is 1. The number of rotatable bonds is 2. The normalized spacial score (nSPS) is 13.9. The Morgan fingerprint density at radius 3 is 2.06 bits per heavy atom. The Kier molecular flexibility index (Phi) is 4.85. The first-order chi connectivity index (χ1) is 8.21. The van der Waals surface area contributed by atoms with Crippen molar-refractivity contribution >= 4 is 16.6 Å². The zero-order valence-corrected chi connectivity index (χ0v) is 13.0. The molecule has 3 heteroatoms. The minimum Gasteiger partial charge on any atom is -0.271 e. The highest BCUT2D eigenvalue weighted by Crippen LogP contribution is 2.20. The monoisotopic (exact) mass is 265 g/mol. The molecule has 0 aromatic heterocycles. The van der Waals surface area contributed by atoms with Crippen molar-refractivity contribution < 1.29 is 4.79 Å². The van der Waals surface area contributed by atoms with Gasteiger partial charge < -0.3 is 0 Å². The van der Waals surface area contributed by atoms with Gasteiger partial charge in [-0.1, -0.05) is 63.0 Å². The van der Waals surface area contributed by atoms with Gasteiger partial charge in [-0.3, -0.25) is 4.79 Å². The molecular weight excluding hydrogens is 242 g/mol. The van der Waals surface area contributed by atoms with Crippen molar-refractivity contribution in [1.82, 2.24) is 0 Å². The van der Waals surface area contributed by atoms with Gasteiger partial charge in [0.05, 0.1) is 0 Å². The summed E-state index contributed by atoms with van der Waals surface area (Å²) in [4.78, 5) is 13.2. The fourth-order valence-electron chi connectivity index (χ4n) is 1.33. The van der Waals surface area contributed by atoms with E-state index in [0.717, 1.165) is 4.90 Å². The third-order valence-corrected chi connectivity index (χ3v) is 4.54. The van der Waals surface area contributed by atoms with Crippen molar-refractivity contribution in [1.29, 1.82) is 0 Å². The van der Waals surface area contributed by atoms with Crippen LogP contribution in [0, 0.1) is 12.3 Å². The van der Waals surface area contributed by atoms with Crippen molar-refractivity contribution in [3.8, 4) is 0 Å². The maximum Gasteiger partial charge on any atom is 0.257 e. The summed E-state index contributed by atoms with van der Waals surface area (Å²) in [7, 11) is -0.349. The van der Waals surface area contributed by atoms with Crippen molar-refractivity contribution in [2.75, 3.05) is 0 Å². The molecular formula is C15H23NOS. The summed E-state index contributed by atoms with van der Waals surface area (Å²) in [5, 5.41) is 0.346. The third kappa shape index (κ3) is 4.05. The van der Waals surface area contributed by atoms with Crippen molar-refractivity contribution in [2.45, 2.75) is 51.7 Å². The van der Waals surface area contributed by atoms with E-state index in [1.54, 1.807) is 0 Å². The van der Waals surface area contributed by atoms with E-state index < -0.39 is 5.41 Å².